The zero-order valence-corrected chi connectivity index (χ0v) is 16.7. The summed E-state index contributed by atoms with van der Waals surface area (Å²) in [4.78, 5) is 0. The fourth-order valence-corrected chi connectivity index (χ4v) is 6.38. The monoisotopic (exact) mass is 369 g/mol. The van der Waals surface area contributed by atoms with Gasteiger partial charge in [-0.05, 0) is 48.2 Å². The molecule has 0 fully saturated rings. The second kappa shape index (κ2) is 6.15. The summed E-state index contributed by atoms with van der Waals surface area (Å²) in [7, 11) is 0.138. The van der Waals surface area contributed by atoms with Gasteiger partial charge in [-0.15, -0.1) is 0 Å². The third-order valence-corrected chi connectivity index (χ3v) is 11.3. The summed E-state index contributed by atoms with van der Waals surface area (Å²) in [6, 6.07) is 8.59. The molecule has 0 amide bonds. The minimum absolute atomic E-state index is 0.251. The minimum Gasteiger partial charge on any atom is -0.420 e. The van der Waals surface area contributed by atoms with Crippen molar-refractivity contribution in [2.75, 3.05) is 7.11 Å². The Morgan fingerprint density at radius 1 is 1.38 bits per heavy atom. The van der Waals surface area contributed by atoms with Gasteiger partial charge in [-0.25, -0.2) is 0 Å². The summed E-state index contributed by atoms with van der Waals surface area (Å²) in [5, 5.41) is 4.05. The predicted octanol–water partition coefficient (Wildman–Crippen LogP) is 5.05. The van der Waals surface area contributed by atoms with Crippen molar-refractivity contribution >= 4 is 24.2 Å². The first-order valence-electron chi connectivity index (χ1n) is 7.76. The van der Waals surface area contributed by atoms with Gasteiger partial charge in [0, 0.05) is 23.7 Å². The van der Waals surface area contributed by atoms with Crippen LogP contribution in [-0.4, -0.2) is 21.5 Å². The lowest BCUT2D eigenvalue weighted by molar-refractivity contribution is 0.346. The Hall–Kier alpha value is -0.163. The smallest absolute Gasteiger partial charge is 0.196 e. The summed E-state index contributed by atoms with van der Waals surface area (Å²) in [6.07, 6.45) is 1.09. The number of nitrogens with one attached hydrogen (secondary N) is 1. The molecule has 0 radical (unpaired) electrons. The Morgan fingerprint density at radius 2 is 2.05 bits per heavy atom. The standard InChI is InChI=1S/C17H28BrNOSi/c1-12-14-8-7-9-16(18)15(14)10-13(19-12)11-21(6,20-5)17(2,3)4/h7-9,12-13,19H,10-11H2,1-6H3/t12-,13+,21?/m0/s1. The van der Waals surface area contributed by atoms with E-state index >= 15 is 0 Å². The van der Waals surface area contributed by atoms with Crippen LogP contribution in [0.15, 0.2) is 22.7 Å². The molecule has 0 saturated heterocycles. The first-order chi connectivity index (χ1) is 9.68. The molecule has 1 unspecified atom stereocenters. The third kappa shape index (κ3) is 3.44. The van der Waals surface area contributed by atoms with Gasteiger partial charge >= 0.3 is 0 Å². The molecule has 1 aromatic carbocycles. The second-order valence-corrected chi connectivity index (χ2v) is 13.1. The van der Waals surface area contributed by atoms with Crippen LogP contribution in [0.25, 0.3) is 0 Å². The van der Waals surface area contributed by atoms with E-state index in [9.17, 15) is 0 Å². The van der Waals surface area contributed by atoms with Gasteiger partial charge in [0.15, 0.2) is 8.32 Å². The Balaban J connectivity index is 2.23. The summed E-state index contributed by atoms with van der Waals surface area (Å²) >= 11 is 3.73. The highest BCUT2D eigenvalue weighted by Crippen LogP contribution is 2.42. The van der Waals surface area contributed by atoms with E-state index in [0.717, 1.165) is 12.5 Å². The van der Waals surface area contributed by atoms with Gasteiger partial charge in [-0.3, -0.25) is 0 Å². The molecule has 1 heterocycles. The molecule has 0 aliphatic carbocycles. The predicted molar refractivity (Wildman–Crippen MR) is 96.3 cm³/mol. The van der Waals surface area contributed by atoms with E-state index in [-0.39, 0.29) is 5.04 Å². The van der Waals surface area contributed by atoms with Gasteiger partial charge in [0.05, 0.1) is 0 Å². The lowest BCUT2D eigenvalue weighted by Crippen LogP contribution is -2.50. The summed E-state index contributed by atoms with van der Waals surface area (Å²) in [5.74, 6) is 0. The summed E-state index contributed by atoms with van der Waals surface area (Å²) in [5.41, 5.74) is 2.90. The number of hydrogen-bond donors (Lipinski definition) is 1. The SMILES string of the molecule is CO[Si](C)(C[C@H]1Cc2c(Br)cccc2[C@H](C)N1)C(C)(C)C. The number of halogens is 1. The van der Waals surface area contributed by atoms with Crippen molar-refractivity contribution in [1.29, 1.82) is 0 Å². The topological polar surface area (TPSA) is 21.3 Å². The molecule has 1 aliphatic rings. The van der Waals surface area contributed by atoms with Gasteiger partial charge in [0.25, 0.3) is 0 Å². The fraction of sp³-hybridized carbons (Fsp3) is 0.647. The molecule has 4 heteroatoms. The Bertz CT molecular complexity index is 514. The average molecular weight is 370 g/mol. The first-order valence-corrected chi connectivity index (χ1v) is 11.2. The van der Waals surface area contributed by atoms with Crippen molar-refractivity contribution in [2.24, 2.45) is 0 Å². The molecule has 2 nitrogen and oxygen atoms in total. The van der Waals surface area contributed by atoms with E-state index in [0.29, 0.717) is 12.1 Å². The van der Waals surface area contributed by atoms with Crippen molar-refractivity contribution in [2.45, 2.75) is 63.8 Å². The van der Waals surface area contributed by atoms with E-state index < -0.39 is 8.32 Å². The van der Waals surface area contributed by atoms with E-state index in [2.05, 4.69) is 73.7 Å². The fourth-order valence-electron chi connectivity index (χ4n) is 3.24. The van der Waals surface area contributed by atoms with Gasteiger partial charge in [0.2, 0.25) is 0 Å². The van der Waals surface area contributed by atoms with Crippen molar-refractivity contribution in [3.8, 4) is 0 Å². The molecule has 0 saturated carbocycles. The molecule has 118 valence electrons. The van der Waals surface area contributed by atoms with E-state index in [1.807, 2.05) is 7.11 Å². The van der Waals surface area contributed by atoms with Gasteiger partial charge in [0.1, 0.15) is 0 Å². The molecular weight excluding hydrogens is 342 g/mol. The van der Waals surface area contributed by atoms with Crippen LogP contribution < -0.4 is 5.32 Å². The molecule has 1 N–H and O–H groups in total. The normalized spacial score (nSPS) is 25.3. The molecule has 2 rings (SSSR count). The number of rotatable bonds is 3. The number of benzene rings is 1. The maximum absolute atomic E-state index is 6.05. The van der Waals surface area contributed by atoms with Crippen LogP contribution in [0.5, 0.6) is 0 Å². The van der Waals surface area contributed by atoms with E-state index in [1.165, 1.54) is 15.6 Å². The number of hydrogen-bond acceptors (Lipinski definition) is 2. The van der Waals surface area contributed by atoms with Crippen LogP contribution in [0.2, 0.25) is 17.6 Å². The van der Waals surface area contributed by atoms with Crippen molar-refractivity contribution in [3.05, 3.63) is 33.8 Å². The highest BCUT2D eigenvalue weighted by Gasteiger charge is 2.43. The van der Waals surface area contributed by atoms with Crippen molar-refractivity contribution in [3.63, 3.8) is 0 Å². The second-order valence-electron chi connectivity index (χ2n) is 7.49. The highest BCUT2D eigenvalue weighted by molar-refractivity contribution is 9.10. The van der Waals surface area contributed by atoms with Crippen LogP contribution >= 0.6 is 15.9 Å². The first kappa shape index (κ1) is 17.2. The molecule has 3 atom stereocenters. The quantitative estimate of drug-likeness (QED) is 0.752. The van der Waals surface area contributed by atoms with Gasteiger partial charge in [-0.2, -0.15) is 0 Å². The molecular formula is C17H28BrNOSi. The molecule has 21 heavy (non-hydrogen) atoms. The lowest BCUT2D eigenvalue weighted by atomic mass is 9.92. The molecule has 0 aromatic heterocycles. The Kier molecular flexibility index (Phi) is 5.03. The molecule has 0 spiro atoms. The van der Waals surface area contributed by atoms with Gasteiger partial charge in [-0.1, -0.05) is 48.8 Å². The van der Waals surface area contributed by atoms with E-state index in [1.54, 1.807) is 0 Å². The largest absolute Gasteiger partial charge is 0.420 e. The van der Waals surface area contributed by atoms with Gasteiger partial charge < -0.3 is 9.74 Å². The Labute approximate surface area is 138 Å². The number of fused-ring (bicyclic) bond motifs is 1. The molecule has 1 aliphatic heterocycles. The van der Waals surface area contributed by atoms with Crippen LogP contribution in [0.4, 0.5) is 0 Å². The minimum atomic E-state index is -1.76. The lowest BCUT2D eigenvalue weighted by Gasteiger charge is -2.42. The maximum atomic E-state index is 6.05. The summed E-state index contributed by atoms with van der Waals surface area (Å²) in [6.45, 7) is 11.6. The molecule has 1 aromatic rings. The average Bonchev–Trinajstić information content (AvgIpc) is 2.38. The van der Waals surface area contributed by atoms with Crippen LogP contribution in [0.1, 0.15) is 44.9 Å². The third-order valence-electron chi connectivity index (χ3n) is 5.23. The van der Waals surface area contributed by atoms with Crippen LogP contribution in [-0.2, 0) is 10.8 Å². The highest BCUT2D eigenvalue weighted by atomic mass is 79.9. The molecule has 0 bridgehead atoms. The zero-order valence-electron chi connectivity index (χ0n) is 14.1. The Morgan fingerprint density at radius 3 is 2.62 bits per heavy atom. The van der Waals surface area contributed by atoms with Crippen molar-refractivity contribution in [1.82, 2.24) is 5.32 Å². The van der Waals surface area contributed by atoms with Crippen LogP contribution in [0.3, 0.4) is 0 Å². The maximum Gasteiger partial charge on any atom is 0.196 e. The summed E-state index contributed by atoms with van der Waals surface area (Å²) < 4.78 is 7.29. The van der Waals surface area contributed by atoms with E-state index in [4.69, 9.17) is 4.43 Å². The van der Waals surface area contributed by atoms with Crippen LogP contribution in [0, 0.1) is 0 Å². The van der Waals surface area contributed by atoms with Crippen molar-refractivity contribution < 1.29 is 4.43 Å². The zero-order chi connectivity index (χ0) is 15.8.